The molecule has 2 rings (SSSR count). The third-order valence-corrected chi connectivity index (χ3v) is 3.13. The Bertz CT molecular complexity index is 547. The molecule has 4 heteroatoms. The SMILES string of the molecule is CCn1cncc1COc1ccc(C)cc1[C@H](C)O. The summed E-state index contributed by atoms with van der Waals surface area (Å²) in [5.41, 5.74) is 2.96. The Morgan fingerprint density at radius 1 is 1.42 bits per heavy atom. The van der Waals surface area contributed by atoms with Gasteiger partial charge in [0.1, 0.15) is 12.4 Å². The van der Waals surface area contributed by atoms with Crippen LogP contribution in [0.3, 0.4) is 0 Å². The number of hydrogen-bond donors (Lipinski definition) is 1. The van der Waals surface area contributed by atoms with Crippen LogP contribution in [0.5, 0.6) is 5.75 Å². The second kappa shape index (κ2) is 5.89. The van der Waals surface area contributed by atoms with Gasteiger partial charge in [-0.05, 0) is 32.9 Å². The first-order valence-electron chi connectivity index (χ1n) is 6.52. The standard InChI is InChI=1S/C15H20N2O2/c1-4-17-10-16-8-13(17)9-19-15-6-5-11(2)7-14(15)12(3)18/h5-8,10,12,18H,4,9H2,1-3H3/t12-/m0/s1. The number of ether oxygens (including phenoxy) is 1. The monoisotopic (exact) mass is 260 g/mol. The van der Waals surface area contributed by atoms with Gasteiger partial charge in [0.2, 0.25) is 0 Å². The van der Waals surface area contributed by atoms with Crippen LogP contribution in [0.4, 0.5) is 0 Å². The van der Waals surface area contributed by atoms with Crippen LogP contribution in [0.25, 0.3) is 0 Å². The van der Waals surface area contributed by atoms with Crippen LogP contribution in [0.1, 0.15) is 36.8 Å². The van der Waals surface area contributed by atoms with Gasteiger partial charge in [0.05, 0.1) is 24.3 Å². The first-order valence-corrected chi connectivity index (χ1v) is 6.52. The highest BCUT2D eigenvalue weighted by Crippen LogP contribution is 2.26. The second-order valence-electron chi connectivity index (χ2n) is 4.68. The van der Waals surface area contributed by atoms with Gasteiger partial charge < -0.3 is 14.4 Å². The van der Waals surface area contributed by atoms with Gasteiger partial charge in [-0.15, -0.1) is 0 Å². The zero-order chi connectivity index (χ0) is 13.8. The molecule has 0 spiro atoms. The largest absolute Gasteiger partial charge is 0.487 e. The Balaban J connectivity index is 2.15. The highest BCUT2D eigenvalue weighted by atomic mass is 16.5. The Kier molecular flexibility index (Phi) is 4.22. The molecule has 4 nitrogen and oxygen atoms in total. The fraction of sp³-hybridized carbons (Fsp3) is 0.400. The molecule has 102 valence electrons. The summed E-state index contributed by atoms with van der Waals surface area (Å²) in [7, 11) is 0. The molecule has 0 saturated heterocycles. The number of rotatable bonds is 5. The van der Waals surface area contributed by atoms with E-state index in [4.69, 9.17) is 4.74 Å². The summed E-state index contributed by atoms with van der Waals surface area (Å²) in [5.74, 6) is 0.726. The summed E-state index contributed by atoms with van der Waals surface area (Å²) < 4.78 is 7.86. The van der Waals surface area contributed by atoms with Crippen LogP contribution < -0.4 is 4.74 Å². The normalized spacial score (nSPS) is 12.4. The number of aromatic nitrogens is 2. The first kappa shape index (κ1) is 13.6. The van der Waals surface area contributed by atoms with E-state index in [0.29, 0.717) is 6.61 Å². The lowest BCUT2D eigenvalue weighted by atomic mass is 10.1. The van der Waals surface area contributed by atoms with Crippen LogP contribution in [0.2, 0.25) is 0 Å². The highest BCUT2D eigenvalue weighted by Gasteiger charge is 2.10. The number of nitrogens with zero attached hydrogens (tertiary/aromatic N) is 2. The van der Waals surface area contributed by atoms with E-state index < -0.39 is 6.10 Å². The van der Waals surface area contributed by atoms with Crippen molar-refractivity contribution in [1.29, 1.82) is 0 Å². The lowest BCUT2D eigenvalue weighted by Gasteiger charge is -2.14. The molecule has 2 aromatic rings. The molecule has 0 amide bonds. The van der Waals surface area contributed by atoms with Crippen molar-refractivity contribution in [3.63, 3.8) is 0 Å². The number of imidazole rings is 1. The highest BCUT2D eigenvalue weighted by molar-refractivity contribution is 5.38. The van der Waals surface area contributed by atoms with Gasteiger partial charge in [0.25, 0.3) is 0 Å². The summed E-state index contributed by atoms with van der Waals surface area (Å²) >= 11 is 0. The molecule has 0 saturated carbocycles. The summed E-state index contributed by atoms with van der Waals surface area (Å²) in [4.78, 5) is 4.11. The van der Waals surface area contributed by atoms with Crippen molar-refractivity contribution in [3.8, 4) is 5.75 Å². The fourth-order valence-electron chi connectivity index (χ4n) is 2.03. The van der Waals surface area contributed by atoms with Gasteiger partial charge in [-0.3, -0.25) is 0 Å². The minimum absolute atomic E-state index is 0.455. The third-order valence-electron chi connectivity index (χ3n) is 3.13. The van der Waals surface area contributed by atoms with Crippen molar-refractivity contribution < 1.29 is 9.84 Å². The molecule has 0 unspecified atom stereocenters. The van der Waals surface area contributed by atoms with E-state index in [2.05, 4.69) is 11.9 Å². The number of hydrogen-bond acceptors (Lipinski definition) is 3. The minimum Gasteiger partial charge on any atom is -0.487 e. The maximum atomic E-state index is 9.79. The third kappa shape index (κ3) is 3.15. The summed E-state index contributed by atoms with van der Waals surface area (Å²) in [6, 6.07) is 5.85. The number of aliphatic hydroxyl groups excluding tert-OH is 1. The van der Waals surface area contributed by atoms with Gasteiger partial charge in [-0.2, -0.15) is 0 Å². The van der Waals surface area contributed by atoms with Crippen LogP contribution in [-0.2, 0) is 13.2 Å². The minimum atomic E-state index is -0.536. The number of benzene rings is 1. The molecule has 19 heavy (non-hydrogen) atoms. The molecule has 0 aliphatic carbocycles. The molecule has 1 aromatic carbocycles. The van der Waals surface area contributed by atoms with E-state index >= 15 is 0 Å². The molecule has 1 heterocycles. The molecule has 0 aliphatic rings. The first-order chi connectivity index (χ1) is 9.11. The van der Waals surface area contributed by atoms with E-state index in [9.17, 15) is 5.11 Å². The molecular formula is C15H20N2O2. The second-order valence-corrected chi connectivity index (χ2v) is 4.68. The molecular weight excluding hydrogens is 240 g/mol. The molecule has 0 fully saturated rings. The van der Waals surface area contributed by atoms with Crippen molar-refractivity contribution >= 4 is 0 Å². The molecule has 1 aromatic heterocycles. The molecule has 0 radical (unpaired) electrons. The topological polar surface area (TPSA) is 47.3 Å². The van der Waals surface area contributed by atoms with Crippen molar-refractivity contribution in [1.82, 2.24) is 9.55 Å². The smallest absolute Gasteiger partial charge is 0.130 e. The zero-order valence-corrected chi connectivity index (χ0v) is 11.6. The van der Waals surface area contributed by atoms with E-state index in [1.807, 2.05) is 29.7 Å². The van der Waals surface area contributed by atoms with Gasteiger partial charge in [0, 0.05) is 12.1 Å². The van der Waals surface area contributed by atoms with Crippen LogP contribution in [0.15, 0.2) is 30.7 Å². The van der Waals surface area contributed by atoms with Gasteiger partial charge in [0.15, 0.2) is 0 Å². The fourth-order valence-corrected chi connectivity index (χ4v) is 2.03. The van der Waals surface area contributed by atoms with Gasteiger partial charge in [-0.25, -0.2) is 4.98 Å². The van der Waals surface area contributed by atoms with Crippen molar-refractivity contribution in [2.24, 2.45) is 0 Å². The molecule has 1 N–H and O–H groups in total. The summed E-state index contributed by atoms with van der Waals surface area (Å²) in [6.07, 6.45) is 3.06. The van der Waals surface area contributed by atoms with Crippen molar-refractivity contribution in [2.75, 3.05) is 0 Å². The van der Waals surface area contributed by atoms with Crippen molar-refractivity contribution in [2.45, 2.75) is 40.0 Å². The van der Waals surface area contributed by atoms with Crippen LogP contribution >= 0.6 is 0 Å². The van der Waals surface area contributed by atoms with Gasteiger partial charge in [-0.1, -0.05) is 11.6 Å². The van der Waals surface area contributed by atoms with E-state index in [1.54, 1.807) is 19.4 Å². The Hall–Kier alpha value is -1.81. The predicted molar refractivity (Wildman–Crippen MR) is 74.0 cm³/mol. The predicted octanol–water partition coefficient (Wildman–Crippen LogP) is 2.84. The maximum Gasteiger partial charge on any atom is 0.130 e. The summed E-state index contributed by atoms with van der Waals surface area (Å²) in [5, 5.41) is 9.79. The van der Waals surface area contributed by atoms with E-state index in [0.717, 1.165) is 29.1 Å². The average molecular weight is 260 g/mol. The van der Waals surface area contributed by atoms with Crippen molar-refractivity contribution in [3.05, 3.63) is 47.5 Å². The van der Waals surface area contributed by atoms with Gasteiger partial charge >= 0.3 is 0 Å². The lowest BCUT2D eigenvalue weighted by molar-refractivity contribution is 0.189. The molecule has 1 atom stereocenters. The zero-order valence-electron chi connectivity index (χ0n) is 11.6. The Morgan fingerprint density at radius 3 is 2.89 bits per heavy atom. The lowest BCUT2D eigenvalue weighted by Crippen LogP contribution is -2.06. The molecule has 0 bridgehead atoms. The van der Waals surface area contributed by atoms with E-state index in [-0.39, 0.29) is 0 Å². The average Bonchev–Trinajstić information content (AvgIpc) is 2.84. The van der Waals surface area contributed by atoms with Crippen LogP contribution in [0, 0.1) is 6.92 Å². The number of aryl methyl sites for hydroxylation is 2. The Morgan fingerprint density at radius 2 is 2.21 bits per heavy atom. The number of aliphatic hydroxyl groups is 1. The Labute approximate surface area is 113 Å². The quantitative estimate of drug-likeness (QED) is 0.899. The maximum absolute atomic E-state index is 9.79. The van der Waals surface area contributed by atoms with E-state index in [1.165, 1.54) is 0 Å². The summed E-state index contributed by atoms with van der Waals surface area (Å²) in [6.45, 7) is 7.14. The molecule has 0 aliphatic heterocycles. The van der Waals surface area contributed by atoms with Crippen LogP contribution in [-0.4, -0.2) is 14.7 Å².